The summed E-state index contributed by atoms with van der Waals surface area (Å²) in [6, 6.07) is 4.37. The number of aromatic nitrogens is 2. The van der Waals surface area contributed by atoms with Crippen LogP contribution < -0.4 is 20.9 Å². The van der Waals surface area contributed by atoms with Gasteiger partial charge in [0.15, 0.2) is 0 Å². The van der Waals surface area contributed by atoms with Crippen molar-refractivity contribution in [3.8, 4) is 0 Å². The van der Waals surface area contributed by atoms with E-state index in [1.165, 1.54) is 0 Å². The maximum Gasteiger partial charge on any atom is 0.261 e. The Morgan fingerprint density at radius 3 is 2.53 bits per heavy atom. The van der Waals surface area contributed by atoms with Crippen molar-refractivity contribution in [3.05, 3.63) is 35.3 Å². The first-order chi connectivity index (χ1) is 16.0. The van der Waals surface area contributed by atoms with Gasteiger partial charge in [0.1, 0.15) is 11.6 Å². The normalized spacial score (nSPS) is 25.6. The zero-order valence-corrected chi connectivity index (χ0v) is 19.4. The molecule has 0 radical (unpaired) electrons. The summed E-state index contributed by atoms with van der Waals surface area (Å²) in [5.74, 6) is -3.02. The molecule has 2 saturated heterocycles. The number of carbonyl (C=O) groups is 1. The van der Waals surface area contributed by atoms with Crippen LogP contribution in [0.1, 0.15) is 48.7 Å². The molecule has 5 rings (SSSR count). The zero-order valence-electron chi connectivity index (χ0n) is 19.4. The minimum Gasteiger partial charge on any atom is -0.399 e. The predicted octanol–water partition coefficient (Wildman–Crippen LogP) is 4.23. The Balaban J connectivity index is 1.39. The summed E-state index contributed by atoms with van der Waals surface area (Å²) in [6.45, 7) is 5.73. The molecular formula is C24H29F3N6O. The molecule has 182 valence electrons. The second-order valence-electron chi connectivity index (χ2n) is 10.1. The lowest BCUT2D eigenvalue weighted by Gasteiger charge is -2.33. The van der Waals surface area contributed by atoms with Crippen molar-refractivity contribution in [2.45, 2.75) is 45.5 Å². The Kier molecular flexibility index (Phi) is 5.37. The molecule has 1 aliphatic carbocycles. The number of halogens is 3. The van der Waals surface area contributed by atoms with Crippen LogP contribution in [0.2, 0.25) is 0 Å². The molecule has 1 aromatic carbocycles. The molecule has 3 N–H and O–H groups in total. The number of aryl methyl sites for hydroxylation is 1. The van der Waals surface area contributed by atoms with E-state index in [9.17, 15) is 13.6 Å². The van der Waals surface area contributed by atoms with Gasteiger partial charge in [-0.2, -0.15) is 4.98 Å². The predicted molar refractivity (Wildman–Crippen MR) is 125 cm³/mol. The highest BCUT2D eigenvalue weighted by atomic mass is 19.3. The Morgan fingerprint density at radius 2 is 1.82 bits per heavy atom. The van der Waals surface area contributed by atoms with Gasteiger partial charge in [-0.05, 0) is 43.2 Å². The summed E-state index contributed by atoms with van der Waals surface area (Å²) in [4.78, 5) is 25.7. The molecule has 7 nitrogen and oxygen atoms in total. The average molecular weight is 475 g/mol. The quantitative estimate of drug-likeness (QED) is 0.645. The number of rotatable bonds is 4. The second-order valence-corrected chi connectivity index (χ2v) is 10.1. The van der Waals surface area contributed by atoms with Gasteiger partial charge in [0.2, 0.25) is 5.95 Å². The van der Waals surface area contributed by atoms with Gasteiger partial charge in [-0.3, -0.25) is 4.79 Å². The third-order valence-electron chi connectivity index (χ3n) is 7.45. The fourth-order valence-electron chi connectivity index (χ4n) is 5.12. The number of piperidine rings is 2. The van der Waals surface area contributed by atoms with E-state index in [0.29, 0.717) is 22.7 Å². The summed E-state index contributed by atoms with van der Waals surface area (Å²) >= 11 is 0. The topological polar surface area (TPSA) is 87.4 Å². The smallest absolute Gasteiger partial charge is 0.261 e. The second kappa shape index (κ2) is 8.02. The van der Waals surface area contributed by atoms with E-state index < -0.39 is 17.6 Å². The van der Waals surface area contributed by atoms with Crippen LogP contribution in [-0.4, -0.2) is 48.0 Å². The number of amides is 1. The SMILES string of the molecule is Cc1cc(NC(=O)c2c(F)cc(N)cc2N2CC[C@@]3(C)C[C@H]3C2)nc(N2CCC(F)(F)CC2)n1. The summed E-state index contributed by atoms with van der Waals surface area (Å²) in [5.41, 5.74) is 7.51. The molecule has 1 aromatic heterocycles. The average Bonchev–Trinajstić information content (AvgIpc) is 3.43. The van der Waals surface area contributed by atoms with E-state index in [4.69, 9.17) is 5.73 Å². The Morgan fingerprint density at radius 1 is 1.12 bits per heavy atom. The van der Waals surface area contributed by atoms with E-state index in [2.05, 4.69) is 22.2 Å². The van der Waals surface area contributed by atoms with Crippen LogP contribution in [0.25, 0.3) is 0 Å². The first kappa shape index (κ1) is 22.7. The number of fused-ring (bicyclic) bond motifs is 1. The van der Waals surface area contributed by atoms with Crippen molar-refractivity contribution >= 4 is 29.0 Å². The van der Waals surface area contributed by atoms with Crippen molar-refractivity contribution in [2.75, 3.05) is 47.0 Å². The van der Waals surface area contributed by atoms with Gasteiger partial charge in [-0.1, -0.05) is 6.92 Å². The molecule has 3 fully saturated rings. The fraction of sp³-hybridized carbons (Fsp3) is 0.542. The third kappa shape index (κ3) is 4.37. The molecule has 2 aliphatic heterocycles. The lowest BCUT2D eigenvalue weighted by atomic mass is 9.96. The maximum atomic E-state index is 15.0. The first-order valence-corrected chi connectivity index (χ1v) is 11.7. The van der Waals surface area contributed by atoms with E-state index in [1.807, 2.05) is 4.90 Å². The molecule has 0 spiro atoms. The standard InChI is InChI=1S/C24H29F3N6O/c1-14-9-19(31-22(29-14)32-7-4-24(26,27)5-8-32)30-21(34)20-17(25)10-16(28)11-18(20)33-6-3-23(2)12-15(23)13-33/h9-11,15H,3-8,12-13,28H2,1-2H3,(H,29,30,31,34)/t15-,23-/m0/s1. The van der Waals surface area contributed by atoms with E-state index in [-0.39, 0.29) is 48.9 Å². The van der Waals surface area contributed by atoms with Crippen LogP contribution >= 0.6 is 0 Å². The van der Waals surface area contributed by atoms with Crippen LogP contribution in [0.5, 0.6) is 0 Å². The van der Waals surface area contributed by atoms with Crippen LogP contribution in [0.3, 0.4) is 0 Å². The van der Waals surface area contributed by atoms with Crippen molar-refractivity contribution in [1.29, 1.82) is 0 Å². The molecule has 34 heavy (non-hydrogen) atoms. The molecule has 3 heterocycles. The minimum atomic E-state index is -2.69. The van der Waals surface area contributed by atoms with Gasteiger partial charge in [0.05, 0.1) is 11.3 Å². The van der Waals surface area contributed by atoms with Crippen molar-refractivity contribution in [1.82, 2.24) is 9.97 Å². The number of nitrogens with zero attached hydrogens (tertiary/aromatic N) is 4. The maximum absolute atomic E-state index is 15.0. The van der Waals surface area contributed by atoms with Crippen LogP contribution in [0.4, 0.5) is 36.3 Å². The molecule has 2 atom stereocenters. The summed E-state index contributed by atoms with van der Waals surface area (Å²) in [7, 11) is 0. The van der Waals surface area contributed by atoms with Gasteiger partial charge in [-0.25, -0.2) is 18.2 Å². The highest BCUT2D eigenvalue weighted by Gasteiger charge is 2.53. The third-order valence-corrected chi connectivity index (χ3v) is 7.45. The van der Waals surface area contributed by atoms with Gasteiger partial charge in [0.25, 0.3) is 11.8 Å². The number of anilines is 4. The summed E-state index contributed by atoms with van der Waals surface area (Å²) in [5, 5.41) is 2.69. The zero-order chi connectivity index (χ0) is 24.3. The van der Waals surface area contributed by atoms with Gasteiger partial charge < -0.3 is 20.9 Å². The van der Waals surface area contributed by atoms with E-state index >= 15 is 4.39 Å². The van der Waals surface area contributed by atoms with Crippen LogP contribution in [-0.2, 0) is 0 Å². The highest BCUT2D eigenvalue weighted by molar-refractivity contribution is 6.08. The number of nitrogens with two attached hydrogens (primary N) is 1. The monoisotopic (exact) mass is 474 g/mol. The lowest BCUT2D eigenvalue weighted by molar-refractivity contribution is -0.0222. The molecule has 0 bridgehead atoms. The molecule has 1 amide bonds. The van der Waals surface area contributed by atoms with E-state index in [1.54, 1.807) is 24.0 Å². The lowest BCUT2D eigenvalue weighted by Crippen LogP contribution is -2.40. The number of nitrogens with one attached hydrogen (secondary N) is 1. The van der Waals surface area contributed by atoms with Crippen LogP contribution in [0.15, 0.2) is 18.2 Å². The Hall–Kier alpha value is -3.04. The highest BCUT2D eigenvalue weighted by Crippen LogP contribution is 2.58. The van der Waals surface area contributed by atoms with Crippen molar-refractivity contribution in [3.63, 3.8) is 0 Å². The fourth-order valence-corrected chi connectivity index (χ4v) is 5.12. The molecule has 10 heteroatoms. The number of benzene rings is 1. The van der Waals surface area contributed by atoms with Gasteiger partial charge >= 0.3 is 0 Å². The summed E-state index contributed by atoms with van der Waals surface area (Å²) < 4.78 is 42.1. The molecule has 1 saturated carbocycles. The molecule has 2 aromatic rings. The Labute approximate surface area is 196 Å². The number of hydrogen-bond donors (Lipinski definition) is 2. The van der Waals surface area contributed by atoms with Crippen molar-refractivity contribution in [2.24, 2.45) is 11.3 Å². The van der Waals surface area contributed by atoms with Gasteiger partial charge in [-0.15, -0.1) is 0 Å². The first-order valence-electron chi connectivity index (χ1n) is 11.7. The number of alkyl halides is 2. The molecular weight excluding hydrogens is 445 g/mol. The molecule has 3 aliphatic rings. The number of nitrogen functional groups attached to an aromatic ring is 1. The molecule has 0 unspecified atom stereocenters. The largest absolute Gasteiger partial charge is 0.399 e. The number of carbonyl (C=O) groups excluding carboxylic acids is 1. The van der Waals surface area contributed by atoms with Crippen LogP contribution in [0, 0.1) is 24.1 Å². The van der Waals surface area contributed by atoms with Crippen molar-refractivity contribution < 1.29 is 18.0 Å². The Bertz CT molecular complexity index is 1130. The van der Waals surface area contributed by atoms with E-state index in [0.717, 1.165) is 32.0 Å². The minimum absolute atomic E-state index is 0.0751. The summed E-state index contributed by atoms with van der Waals surface area (Å²) in [6.07, 6.45) is 1.57. The number of hydrogen-bond acceptors (Lipinski definition) is 6. The van der Waals surface area contributed by atoms with Gasteiger partial charge in [0, 0.05) is 56.5 Å².